The minimum Gasteiger partial charge on any atom is -0.282 e. The lowest BCUT2D eigenvalue weighted by Crippen LogP contribution is -2.26. The van der Waals surface area contributed by atoms with Crippen molar-refractivity contribution < 1.29 is 13.0 Å². The molecule has 0 unspecified atom stereocenters. The van der Waals surface area contributed by atoms with Crippen molar-refractivity contribution >= 4 is 10.1 Å². The number of benzene rings is 1. The molecule has 0 aliphatic heterocycles. The van der Waals surface area contributed by atoms with Gasteiger partial charge in [0.05, 0.1) is 0 Å². The van der Waals surface area contributed by atoms with Crippen molar-refractivity contribution in [1.82, 2.24) is 0 Å². The lowest BCUT2D eigenvalue weighted by Gasteiger charge is -2.39. The molecule has 3 nitrogen and oxygen atoms in total. The van der Waals surface area contributed by atoms with Gasteiger partial charge in [0, 0.05) is 0 Å². The first-order valence-corrected chi connectivity index (χ1v) is 22.0. The lowest BCUT2D eigenvalue weighted by atomic mass is 9.67. The second-order valence-electron chi connectivity index (χ2n) is 17.5. The summed E-state index contributed by atoms with van der Waals surface area (Å²) in [5, 5.41) is 0. The van der Waals surface area contributed by atoms with Gasteiger partial charge in [-0.25, -0.2) is 0 Å². The molecule has 46 heavy (non-hydrogen) atoms. The first kappa shape index (κ1) is 33.6. The molecule has 0 heterocycles. The van der Waals surface area contributed by atoms with Gasteiger partial charge >= 0.3 is 0 Å². The van der Waals surface area contributed by atoms with Crippen LogP contribution in [0.1, 0.15) is 208 Å². The van der Waals surface area contributed by atoms with E-state index in [9.17, 15) is 13.0 Å². The molecule has 0 aromatic heterocycles. The van der Waals surface area contributed by atoms with E-state index in [2.05, 4.69) is 12.1 Å². The molecule has 0 saturated heterocycles. The number of rotatable bonds is 7. The smallest absolute Gasteiger partial charge is 0.282 e. The molecule has 0 bridgehead atoms. The van der Waals surface area contributed by atoms with Gasteiger partial charge in [0.15, 0.2) is 0 Å². The summed E-state index contributed by atoms with van der Waals surface area (Å²) in [6.45, 7) is 0. The third-order valence-electron chi connectivity index (χ3n) is 15.0. The van der Waals surface area contributed by atoms with Crippen LogP contribution in [-0.4, -0.2) is 13.0 Å². The summed E-state index contributed by atoms with van der Waals surface area (Å²) in [6.07, 6.45) is 35.7. The fourth-order valence-corrected chi connectivity index (χ4v) is 13.4. The predicted molar refractivity (Wildman–Crippen MR) is 190 cm³/mol. The molecule has 1 N–H and O–H groups in total. The molecule has 6 aliphatic rings. The Kier molecular flexibility index (Phi) is 11.2. The molecule has 4 heteroatoms. The van der Waals surface area contributed by atoms with Gasteiger partial charge in [0.25, 0.3) is 10.1 Å². The summed E-state index contributed by atoms with van der Waals surface area (Å²) in [6, 6.07) is 4.66. The molecule has 1 aromatic rings. The third-order valence-corrected chi connectivity index (χ3v) is 16.0. The highest BCUT2D eigenvalue weighted by Gasteiger charge is 2.37. The van der Waals surface area contributed by atoms with E-state index in [-0.39, 0.29) is 11.8 Å². The monoisotopic (exact) mass is 650 g/mol. The minimum atomic E-state index is -4.30. The van der Waals surface area contributed by atoms with Gasteiger partial charge in [-0.05, 0) is 147 Å². The van der Waals surface area contributed by atoms with E-state index in [1.165, 1.54) is 153 Å². The van der Waals surface area contributed by atoms with Crippen LogP contribution in [0.4, 0.5) is 0 Å². The minimum absolute atomic E-state index is 0.271. The second-order valence-corrected chi connectivity index (χ2v) is 18.9. The van der Waals surface area contributed by atoms with Crippen LogP contribution in [0.3, 0.4) is 0 Å². The van der Waals surface area contributed by atoms with Gasteiger partial charge in [0.1, 0.15) is 4.90 Å². The van der Waals surface area contributed by atoms with Crippen LogP contribution in [0.5, 0.6) is 0 Å². The topological polar surface area (TPSA) is 54.4 Å². The quantitative estimate of drug-likeness (QED) is 0.299. The molecule has 7 rings (SSSR count). The summed E-state index contributed by atoms with van der Waals surface area (Å²) >= 11 is 0. The van der Waals surface area contributed by atoms with Crippen molar-refractivity contribution in [2.45, 2.75) is 196 Å². The van der Waals surface area contributed by atoms with Crippen molar-refractivity contribution in [3.05, 3.63) is 28.8 Å². The van der Waals surface area contributed by atoms with Crippen LogP contribution >= 0.6 is 0 Å². The van der Waals surface area contributed by atoms with Crippen LogP contribution in [0, 0.1) is 35.5 Å². The zero-order valence-electron chi connectivity index (χ0n) is 29.1. The molecule has 258 valence electrons. The average molecular weight is 651 g/mol. The van der Waals surface area contributed by atoms with Gasteiger partial charge in [0.2, 0.25) is 0 Å². The van der Waals surface area contributed by atoms with Crippen molar-refractivity contribution in [1.29, 1.82) is 0 Å². The SMILES string of the molecule is O=S(=O)(O)c1c(C2CCC(C3CCCCC3)CC2)cc(C2CCC(C3CCCCC3)CC2)cc1C1CCC(C2CCCCC2)CC1. The van der Waals surface area contributed by atoms with E-state index in [0.717, 1.165) is 72.3 Å². The highest BCUT2D eigenvalue weighted by molar-refractivity contribution is 7.86. The Balaban J connectivity index is 1.15. The molecular formula is C42H66O3S. The standard InChI is InChI=1S/C42H66O3S/c43-46(44,45)42-40(37-24-20-34(21-25-37)31-12-6-2-7-13-31)28-39(36-18-16-33(17-19-36)30-10-4-1-5-11-30)29-41(42)38-26-22-35(23-27-38)32-14-8-3-9-15-32/h28-38H,1-27H2,(H,43,44,45). The first-order valence-electron chi connectivity index (χ1n) is 20.6. The second kappa shape index (κ2) is 15.3. The van der Waals surface area contributed by atoms with Crippen LogP contribution in [0.2, 0.25) is 0 Å². The highest BCUT2D eigenvalue weighted by atomic mass is 32.2. The summed E-state index contributed by atoms with van der Waals surface area (Å²) < 4.78 is 37.9. The summed E-state index contributed by atoms with van der Waals surface area (Å²) in [5.74, 6) is 6.34. The van der Waals surface area contributed by atoms with E-state index >= 15 is 0 Å². The Morgan fingerprint density at radius 3 is 0.978 bits per heavy atom. The maximum absolute atomic E-state index is 13.4. The van der Waals surface area contributed by atoms with Crippen LogP contribution in [0.15, 0.2) is 17.0 Å². The van der Waals surface area contributed by atoms with E-state index in [4.69, 9.17) is 0 Å². The Morgan fingerprint density at radius 1 is 0.391 bits per heavy atom. The molecule has 0 amide bonds. The van der Waals surface area contributed by atoms with Crippen LogP contribution in [-0.2, 0) is 10.1 Å². The zero-order chi connectivity index (χ0) is 31.5. The Hall–Kier alpha value is -0.870. The van der Waals surface area contributed by atoms with Gasteiger partial charge in [-0.3, -0.25) is 4.55 Å². The summed E-state index contributed by atoms with van der Waals surface area (Å²) in [4.78, 5) is 0.356. The van der Waals surface area contributed by atoms with Gasteiger partial charge in [-0.1, -0.05) is 108 Å². The molecule has 0 radical (unpaired) electrons. The molecule has 6 fully saturated rings. The first-order chi connectivity index (χ1) is 22.4. The molecule has 0 atom stereocenters. The fraction of sp³-hybridized carbons (Fsp3) is 0.857. The van der Waals surface area contributed by atoms with Gasteiger partial charge in [-0.15, -0.1) is 0 Å². The molecule has 0 spiro atoms. The molecule has 6 saturated carbocycles. The average Bonchev–Trinajstić information content (AvgIpc) is 3.12. The lowest BCUT2D eigenvalue weighted by molar-refractivity contribution is 0.182. The summed E-state index contributed by atoms with van der Waals surface area (Å²) in [5.41, 5.74) is 3.45. The summed E-state index contributed by atoms with van der Waals surface area (Å²) in [7, 11) is -4.30. The van der Waals surface area contributed by atoms with Gasteiger partial charge < -0.3 is 0 Å². The van der Waals surface area contributed by atoms with E-state index in [0.29, 0.717) is 10.8 Å². The maximum atomic E-state index is 13.4. The normalized spacial score (nSPS) is 34.8. The van der Waals surface area contributed by atoms with Crippen molar-refractivity contribution in [3.8, 4) is 0 Å². The van der Waals surface area contributed by atoms with Crippen molar-refractivity contribution in [2.24, 2.45) is 35.5 Å². The van der Waals surface area contributed by atoms with E-state index < -0.39 is 10.1 Å². The molecule has 1 aromatic carbocycles. The predicted octanol–water partition coefficient (Wildman–Crippen LogP) is 12.5. The van der Waals surface area contributed by atoms with E-state index in [1.54, 1.807) is 0 Å². The Morgan fingerprint density at radius 2 is 0.674 bits per heavy atom. The van der Waals surface area contributed by atoms with Crippen molar-refractivity contribution in [2.75, 3.05) is 0 Å². The number of hydrogen-bond acceptors (Lipinski definition) is 2. The fourth-order valence-electron chi connectivity index (χ4n) is 12.4. The zero-order valence-corrected chi connectivity index (χ0v) is 29.9. The Bertz CT molecular complexity index is 1150. The Labute approximate surface area is 282 Å². The van der Waals surface area contributed by atoms with Crippen LogP contribution in [0.25, 0.3) is 0 Å². The largest absolute Gasteiger partial charge is 0.295 e. The highest BCUT2D eigenvalue weighted by Crippen LogP contribution is 2.50. The van der Waals surface area contributed by atoms with E-state index in [1.807, 2.05) is 0 Å². The number of hydrogen-bond donors (Lipinski definition) is 1. The van der Waals surface area contributed by atoms with Gasteiger partial charge in [-0.2, -0.15) is 8.42 Å². The molecule has 6 aliphatic carbocycles. The third kappa shape index (κ3) is 7.79. The van der Waals surface area contributed by atoms with Crippen molar-refractivity contribution in [3.63, 3.8) is 0 Å². The maximum Gasteiger partial charge on any atom is 0.295 e. The van der Waals surface area contributed by atoms with Crippen LogP contribution < -0.4 is 0 Å². The molecular weight excluding hydrogens is 585 g/mol.